The highest BCUT2D eigenvalue weighted by Gasteiger charge is 2.56. The van der Waals surface area contributed by atoms with E-state index in [-0.39, 0.29) is 29.5 Å². The summed E-state index contributed by atoms with van der Waals surface area (Å²) in [6.07, 6.45) is 2.16. The number of rotatable bonds is 4. The minimum absolute atomic E-state index is 0.0314. The Balaban J connectivity index is 1.96. The fourth-order valence-corrected chi connectivity index (χ4v) is 4.05. The Morgan fingerprint density at radius 2 is 2.08 bits per heavy atom. The fourth-order valence-electron chi connectivity index (χ4n) is 4.05. The number of carbonyl (C=O) groups is 2. The number of likely N-dealkylation sites (tertiary alicyclic amines) is 1. The molecule has 3 rings (SSSR count). The van der Waals surface area contributed by atoms with Gasteiger partial charge in [-0.2, -0.15) is 0 Å². The van der Waals surface area contributed by atoms with E-state index in [1.54, 1.807) is 0 Å². The molecule has 1 heterocycles. The summed E-state index contributed by atoms with van der Waals surface area (Å²) in [5.41, 5.74) is -1.12. The Kier molecular flexibility index (Phi) is 4.11. The van der Waals surface area contributed by atoms with Crippen molar-refractivity contribution in [2.45, 2.75) is 19.3 Å². The van der Waals surface area contributed by atoms with E-state index >= 15 is 0 Å². The molecule has 130 valence electrons. The Morgan fingerprint density at radius 1 is 1.33 bits per heavy atom. The van der Waals surface area contributed by atoms with E-state index in [2.05, 4.69) is 0 Å². The van der Waals surface area contributed by atoms with E-state index in [0.29, 0.717) is 13.0 Å². The van der Waals surface area contributed by atoms with Crippen LogP contribution in [0, 0.1) is 17.2 Å². The standard InChI is InChI=1S/C17H20FNO5/c1-23-12-6-5-11(18)13(14(12)24-2)15(20)19-8-10-4-3-7-17(10,9-19)16(21)22/h5-6,10H,3-4,7-9H2,1-2H3,(H,21,22)/t10-,17+/m0/s1. The number of methoxy groups -OCH3 is 2. The zero-order chi connectivity index (χ0) is 17.5. The van der Waals surface area contributed by atoms with Crippen LogP contribution in [0.2, 0.25) is 0 Å². The highest BCUT2D eigenvalue weighted by Crippen LogP contribution is 2.49. The van der Waals surface area contributed by atoms with Gasteiger partial charge in [0.1, 0.15) is 11.4 Å². The smallest absolute Gasteiger partial charge is 0.311 e. The molecular formula is C17H20FNO5. The number of ether oxygens (including phenoxy) is 2. The average Bonchev–Trinajstić information content (AvgIpc) is 3.12. The summed E-state index contributed by atoms with van der Waals surface area (Å²) in [7, 11) is 2.75. The summed E-state index contributed by atoms with van der Waals surface area (Å²) >= 11 is 0. The van der Waals surface area contributed by atoms with Gasteiger partial charge in [0, 0.05) is 13.1 Å². The van der Waals surface area contributed by atoms with Crippen LogP contribution in [-0.4, -0.2) is 49.2 Å². The zero-order valence-electron chi connectivity index (χ0n) is 13.7. The normalized spacial score (nSPS) is 25.5. The van der Waals surface area contributed by atoms with Crippen molar-refractivity contribution in [1.82, 2.24) is 4.90 Å². The lowest BCUT2D eigenvalue weighted by atomic mass is 9.81. The topological polar surface area (TPSA) is 76.1 Å². The molecule has 2 aliphatic rings. The van der Waals surface area contributed by atoms with Crippen molar-refractivity contribution in [3.63, 3.8) is 0 Å². The number of amides is 1. The third kappa shape index (κ3) is 2.30. The Hall–Kier alpha value is -2.31. The van der Waals surface area contributed by atoms with Crippen LogP contribution in [0.25, 0.3) is 0 Å². The van der Waals surface area contributed by atoms with Gasteiger partial charge >= 0.3 is 5.97 Å². The molecule has 1 saturated carbocycles. The van der Waals surface area contributed by atoms with Crippen LogP contribution in [0.3, 0.4) is 0 Å². The number of carbonyl (C=O) groups excluding carboxylic acids is 1. The first-order chi connectivity index (χ1) is 11.4. The maximum absolute atomic E-state index is 14.3. The number of aliphatic carboxylic acids is 1. The molecule has 1 aliphatic carbocycles. The summed E-state index contributed by atoms with van der Waals surface area (Å²) < 4.78 is 24.6. The molecule has 0 spiro atoms. The summed E-state index contributed by atoms with van der Waals surface area (Å²) in [6.45, 7) is 0.427. The second kappa shape index (κ2) is 5.96. The van der Waals surface area contributed by atoms with E-state index in [0.717, 1.165) is 18.9 Å². The van der Waals surface area contributed by atoms with Gasteiger partial charge in [0.15, 0.2) is 11.5 Å². The number of hydrogen-bond donors (Lipinski definition) is 1. The molecule has 1 N–H and O–H groups in total. The lowest BCUT2D eigenvalue weighted by molar-refractivity contribution is -0.149. The molecule has 1 aromatic carbocycles. The first-order valence-electron chi connectivity index (χ1n) is 7.87. The molecule has 6 nitrogen and oxygen atoms in total. The van der Waals surface area contributed by atoms with Crippen LogP contribution in [0.1, 0.15) is 29.6 Å². The highest BCUT2D eigenvalue weighted by atomic mass is 19.1. The largest absolute Gasteiger partial charge is 0.493 e. The van der Waals surface area contributed by atoms with Crippen molar-refractivity contribution in [2.24, 2.45) is 11.3 Å². The molecule has 1 aliphatic heterocycles. The van der Waals surface area contributed by atoms with Crippen molar-refractivity contribution < 1.29 is 28.6 Å². The third-order valence-corrected chi connectivity index (χ3v) is 5.29. The van der Waals surface area contributed by atoms with E-state index in [4.69, 9.17) is 9.47 Å². The lowest BCUT2D eigenvalue weighted by Gasteiger charge is -2.24. The molecule has 0 aromatic heterocycles. The number of nitrogens with zero attached hydrogens (tertiary/aromatic N) is 1. The second-order valence-electron chi connectivity index (χ2n) is 6.39. The van der Waals surface area contributed by atoms with E-state index in [1.807, 2.05) is 0 Å². The minimum atomic E-state index is -0.905. The van der Waals surface area contributed by atoms with Crippen molar-refractivity contribution in [3.8, 4) is 11.5 Å². The predicted molar refractivity (Wildman–Crippen MR) is 82.8 cm³/mol. The first kappa shape index (κ1) is 16.5. The van der Waals surface area contributed by atoms with Gasteiger partial charge < -0.3 is 19.5 Å². The van der Waals surface area contributed by atoms with Gasteiger partial charge in [-0.15, -0.1) is 0 Å². The average molecular weight is 337 g/mol. The number of hydrogen-bond acceptors (Lipinski definition) is 4. The summed E-state index contributed by atoms with van der Waals surface area (Å²) in [5, 5.41) is 9.63. The van der Waals surface area contributed by atoms with Crippen molar-refractivity contribution in [1.29, 1.82) is 0 Å². The molecule has 2 atom stereocenters. The van der Waals surface area contributed by atoms with Gasteiger partial charge in [-0.1, -0.05) is 6.42 Å². The van der Waals surface area contributed by atoms with Gasteiger partial charge in [0.25, 0.3) is 5.91 Å². The first-order valence-corrected chi connectivity index (χ1v) is 7.87. The summed E-state index contributed by atoms with van der Waals surface area (Å²) in [6, 6.07) is 2.54. The molecule has 0 bridgehead atoms. The molecule has 1 aromatic rings. The van der Waals surface area contributed by atoms with Crippen LogP contribution < -0.4 is 9.47 Å². The number of benzene rings is 1. The van der Waals surface area contributed by atoms with Gasteiger partial charge in [-0.25, -0.2) is 4.39 Å². The molecule has 0 radical (unpaired) electrons. The van der Waals surface area contributed by atoms with Crippen LogP contribution >= 0.6 is 0 Å². The quantitative estimate of drug-likeness (QED) is 0.911. The highest BCUT2D eigenvalue weighted by molar-refractivity contribution is 5.99. The van der Waals surface area contributed by atoms with Crippen LogP contribution in [-0.2, 0) is 4.79 Å². The van der Waals surface area contributed by atoms with Crippen LogP contribution in [0.15, 0.2) is 12.1 Å². The monoisotopic (exact) mass is 337 g/mol. The molecule has 1 amide bonds. The predicted octanol–water partition coefficient (Wildman–Crippen LogP) is 2.17. The van der Waals surface area contributed by atoms with Gasteiger partial charge in [-0.05, 0) is 30.9 Å². The minimum Gasteiger partial charge on any atom is -0.493 e. The van der Waals surface area contributed by atoms with Crippen LogP contribution in [0.4, 0.5) is 4.39 Å². The van der Waals surface area contributed by atoms with E-state index in [1.165, 1.54) is 25.2 Å². The van der Waals surface area contributed by atoms with Gasteiger partial charge in [0.05, 0.1) is 19.6 Å². The lowest BCUT2D eigenvalue weighted by Crippen LogP contribution is -2.37. The number of carboxylic acids is 1. The van der Waals surface area contributed by atoms with E-state index < -0.39 is 23.1 Å². The fraction of sp³-hybridized carbons (Fsp3) is 0.529. The summed E-state index contributed by atoms with van der Waals surface area (Å²) in [4.78, 5) is 26.0. The third-order valence-electron chi connectivity index (χ3n) is 5.29. The SMILES string of the molecule is COc1ccc(F)c(C(=O)N2C[C@@H]3CCC[C@@]3(C(=O)O)C2)c1OC. The van der Waals surface area contributed by atoms with Crippen molar-refractivity contribution in [3.05, 3.63) is 23.5 Å². The maximum atomic E-state index is 14.3. The maximum Gasteiger partial charge on any atom is 0.311 e. The second-order valence-corrected chi connectivity index (χ2v) is 6.39. The zero-order valence-corrected chi connectivity index (χ0v) is 13.7. The van der Waals surface area contributed by atoms with E-state index in [9.17, 15) is 19.1 Å². The van der Waals surface area contributed by atoms with Gasteiger partial charge in [-0.3, -0.25) is 9.59 Å². The Bertz CT molecular complexity index is 692. The van der Waals surface area contributed by atoms with Gasteiger partial charge in [0.2, 0.25) is 0 Å². The molecule has 0 unspecified atom stereocenters. The van der Waals surface area contributed by atoms with Crippen molar-refractivity contribution in [2.75, 3.05) is 27.3 Å². The summed E-state index contributed by atoms with van der Waals surface area (Å²) in [5.74, 6) is -1.94. The van der Waals surface area contributed by atoms with Crippen molar-refractivity contribution >= 4 is 11.9 Å². The number of halogens is 1. The molecule has 2 fully saturated rings. The number of fused-ring (bicyclic) bond motifs is 1. The Labute approximate surface area is 139 Å². The molecule has 7 heteroatoms. The molecular weight excluding hydrogens is 317 g/mol. The van der Waals surface area contributed by atoms with Crippen LogP contribution in [0.5, 0.6) is 11.5 Å². The molecule has 1 saturated heterocycles. The number of carboxylic acid groups (broad SMARTS) is 1. The molecule has 24 heavy (non-hydrogen) atoms. The Morgan fingerprint density at radius 3 is 2.67 bits per heavy atom.